The number of halogens is 1. The van der Waals surface area contributed by atoms with Crippen LogP contribution in [-0.4, -0.2) is 25.5 Å². The Morgan fingerprint density at radius 2 is 1.71 bits per heavy atom. The molecule has 0 aromatic heterocycles. The molecular weight excluding hydrogens is 285 g/mol. The first-order valence-electron chi connectivity index (χ1n) is 4.91. The van der Waals surface area contributed by atoms with Crippen molar-refractivity contribution >= 4 is 22.6 Å². The first kappa shape index (κ1) is 12.0. The first-order chi connectivity index (χ1) is 6.50. The molecule has 0 radical (unpaired) electrons. The Morgan fingerprint density at radius 1 is 1.14 bits per heavy atom. The zero-order chi connectivity index (χ0) is 10.7. The van der Waals surface area contributed by atoms with E-state index in [1.807, 2.05) is 0 Å². The third kappa shape index (κ3) is 3.24. The smallest absolute Gasteiger partial charge is 0.0165 e. The van der Waals surface area contributed by atoms with E-state index in [1.54, 1.807) is 0 Å². The highest BCUT2D eigenvalue weighted by Crippen LogP contribution is 2.18. The van der Waals surface area contributed by atoms with Crippen LogP contribution in [0.5, 0.6) is 0 Å². The quantitative estimate of drug-likeness (QED) is 0.776. The Kier molecular flexibility index (Phi) is 4.38. The van der Waals surface area contributed by atoms with E-state index in [4.69, 9.17) is 0 Å². The Hall–Kier alpha value is -0.0900. The highest BCUT2D eigenvalue weighted by molar-refractivity contribution is 14.1. The molecule has 0 saturated carbocycles. The maximum atomic E-state index is 2.43. The molecular formula is C12H18IN. The van der Waals surface area contributed by atoms with Crippen molar-refractivity contribution in [3.8, 4) is 0 Å². The lowest BCUT2D eigenvalue weighted by molar-refractivity contribution is 0.413. The van der Waals surface area contributed by atoms with Gasteiger partial charge in [0.2, 0.25) is 0 Å². The van der Waals surface area contributed by atoms with Crippen molar-refractivity contribution in [2.24, 2.45) is 0 Å². The van der Waals surface area contributed by atoms with Crippen LogP contribution >= 0.6 is 22.6 Å². The van der Waals surface area contributed by atoms with E-state index in [0.29, 0.717) is 0 Å². The normalized spacial score (nSPS) is 11.0. The highest BCUT2D eigenvalue weighted by Gasteiger charge is 2.03. The Labute approximate surface area is 101 Å². The van der Waals surface area contributed by atoms with Crippen molar-refractivity contribution in [3.63, 3.8) is 0 Å². The van der Waals surface area contributed by atoms with Gasteiger partial charge >= 0.3 is 0 Å². The molecule has 0 N–H and O–H groups in total. The molecule has 0 aliphatic heterocycles. The number of likely N-dealkylation sites (N-methyl/N-ethyl adjacent to an activating group) is 1. The van der Waals surface area contributed by atoms with Gasteiger partial charge in [0.25, 0.3) is 0 Å². The fourth-order valence-corrected chi connectivity index (χ4v) is 2.27. The van der Waals surface area contributed by atoms with Crippen LogP contribution in [0, 0.1) is 17.4 Å². The summed E-state index contributed by atoms with van der Waals surface area (Å²) in [5, 5.41) is 0. The molecule has 1 aromatic rings. The maximum absolute atomic E-state index is 2.43. The van der Waals surface area contributed by atoms with Gasteiger partial charge in [0.15, 0.2) is 0 Å². The van der Waals surface area contributed by atoms with Gasteiger partial charge in [-0.2, -0.15) is 0 Å². The third-order valence-electron chi connectivity index (χ3n) is 2.49. The molecule has 1 rings (SSSR count). The standard InChI is InChI=1S/C12H18IN/c1-9-7-11(5-6-14(3)4)12(13)8-10(9)2/h7-8H,5-6H2,1-4H3. The van der Waals surface area contributed by atoms with Crippen LogP contribution < -0.4 is 0 Å². The molecule has 0 bridgehead atoms. The summed E-state index contributed by atoms with van der Waals surface area (Å²) in [4.78, 5) is 2.23. The molecule has 0 unspecified atom stereocenters. The van der Waals surface area contributed by atoms with Gasteiger partial charge in [0, 0.05) is 10.1 Å². The minimum atomic E-state index is 1.12. The number of aryl methyl sites for hydroxylation is 2. The predicted molar refractivity (Wildman–Crippen MR) is 70.9 cm³/mol. The van der Waals surface area contributed by atoms with Crippen LogP contribution in [0.15, 0.2) is 12.1 Å². The van der Waals surface area contributed by atoms with Crippen molar-refractivity contribution in [2.45, 2.75) is 20.3 Å². The molecule has 78 valence electrons. The molecule has 1 aromatic carbocycles. The van der Waals surface area contributed by atoms with Crippen LogP contribution in [0.3, 0.4) is 0 Å². The number of nitrogens with zero attached hydrogens (tertiary/aromatic N) is 1. The van der Waals surface area contributed by atoms with Crippen molar-refractivity contribution in [3.05, 3.63) is 32.4 Å². The van der Waals surface area contributed by atoms with E-state index in [9.17, 15) is 0 Å². The lowest BCUT2D eigenvalue weighted by atomic mass is 10.0. The topological polar surface area (TPSA) is 3.24 Å². The van der Waals surface area contributed by atoms with Crippen molar-refractivity contribution in [1.82, 2.24) is 4.90 Å². The van der Waals surface area contributed by atoms with Crippen molar-refractivity contribution < 1.29 is 0 Å². The van der Waals surface area contributed by atoms with Gasteiger partial charge < -0.3 is 4.90 Å². The lowest BCUT2D eigenvalue weighted by Crippen LogP contribution is -2.15. The van der Waals surface area contributed by atoms with E-state index < -0.39 is 0 Å². The first-order valence-corrected chi connectivity index (χ1v) is 5.99. The van der Waals surface area contributed by atoms with Gasteiger partial charge in [0.1, 0.15) is 0 Å². The Balaban J connectivity index is 2.82. The molecule has 1 nitrogen and oxygen atoms in total. The van der Waals surface area contributed by atoms with E-state index >= 15 is 0 Å². The average molecular weight is 303 g/mol. The number of hydrogen-bond acceptors (Lipinski definition) is 1. The minimum Gasteiger partial charge on any atom is -0.309 e. The molecule has 0 spiro atoms. The predicted octanol–water partition coefficient (Wildman–Crippen LogP) is 3.01. The molecule has 0 aliphatic rings. The molecule has 0 aliphatic carbocycles. The van der Waals surface area contributed by atoms with Crippen molar-refractivity contribution in [2.75, 3.05) is 20.6 Å². The maximum Gasteiger partial charge on any atom is 0.0165 e. The fraction of sp³-hybridized carbons (Fsp3) is 0.500. The third-order valence-corrected chi connectivity index (χ3v) is 3.50. The Morgan fingerprint density at radius 3 is 2.29 bits per heavy atom. The second-order valence-electron chi connectivity index (χ2n) is 4.08. The van der Waals surface area contributed by atoms with Crippen LogP contribution in [0.1, 0.15) is 16.7 Å². The summed E-state index contributed by atoms with van der Waals surface area (Å²) in [5.41, 5.74) is 4.27. The molecule has 2 heteroatoms. The summed E-state index contributed by atoms with van der Waals surface area (Å²) in [6.07, 6.45) is 1.15. The van der Waals surface area contributed by atoms with Crippen LogP contribution in [0.2, 0.25) is 0 Å². The molecule has 0 heterocycles. The largest absolute Gasteiger partial charge is 0.309 e. The summed E-state index contributed by atoms with van der Waals surface area (Å²) in [5.74, 6) is 0. The van der Waals surface area contributed by atoms with E-state index in [0.717, 1.165) is 13.0 Å². The SMILES string of the molecule is Cc1cc(I)c(CCN(C)C)cc1C. The van der Waals surface area contributed by atoms with E-state index in [-0.39, 0.29) is 0 Å². The van der Waals surface area contributed by atoms with Gasteiger partial charge in [-0.05, 0) is 79.7 Å². The number of rotatable bonds is 3. The summed E-state index contributed by atoms with van der Waals surface area (Å²) in [6.45, 7) is 5.48. The average Bonchev–Trinajstić information content (AvgIpc) is 2.09. The van der Waals surface area contributed by atoms with Crippen LogP contribution in [0.25, 0.3) is 0 Å². The summed E-state index contributed by atoms with van der Waals surface area (Å²) >= 11 is 2.43. The molecule has 0 atom stereocenters. The molecule has 0 amide bonds. The van der Waals surface area contributed by atoms with Crippen molar-refractivity contribution in [1.29, 1.82) is 0 Å². The van der Waals surface area contributed by atoms with Gasteiger partial charge in [-0.15, -0.1) is 0 Å². The molecule has 14 heavy (non-hydrogen) atoms. The number of benzene rings is 1. The summed E-state index contributed by atoms with van der Waals surface area (Å²) < 4.78 is 1.40. The second kappa shape index (κ2) is 5.12. The lowest BCUT2D eigenvalue weighted by Gasteiger charge is -2.12. The van der Waals surface area contributed by atoms with Crippen LogP contribution in [0.4, 0.5) is 0 Å². The highest BCUT2D eigenvalue weighted by atomic mass is 127. The van der Waals surface area contributed by atoms with E-state index in [1.165, 1.54) is 20.3 Å². The van der Waals surface area contributed by atoms with Gasteiger partial charge in [-0.3, -0.25) is 0 Å². The zero-order valence-corrected chi connectivity index (χ0v) is 11.6. The summed E-state index contributed by atoms with van der Waals surface area (Å²) in [6, 6.07) is 4.60. The van der Waals surface area contributed by atoms with Gasteiger partial charge in [-0.25, -0.2) is 0 Å². The zero-order valence-electron chi connectivity index (χ0n) is 9.39. The number of hydrogen-bond donors (Lipinski definition) is 0. The molecule has 0 fully saturated rings. The summed E-state index contributed by atoms with van der Waals surface area (Å²) in [7, 11) is 4.24. The molecule has 0 saturated heterocycles. The van der Waals surface area contributed by atoms with Gasteiger partial charge in [0.05, 0.1) is 0 Å². The minimum absolute atomic E-state index is 1.12. The monoisotopic (exact) mass is 303 g/mol. The van der Waals surface area contributed by atoms with E-state index in [2.05, 4.69) is 67.6 Å². The fourth-order valence-electron chi connectivity index (χ4n) is 1.38. The second-order valence-corrected chi connectivity index (χ2v) is 5.24. The van der Waals surface area contributed by atoms with Crippen LogP contribution in [-0.2, 0) is 6.42 Å². The van der Waals surface area contributed by atoms with Gasteiger partial charge in [-0.1, -0.05) is 6.07 Å². The Bertz CT molecular complexity index is 318.